The average molecular weight is 280 g/mol. The van der Waals surface area contributed by atoms with E-state index in [1.54, 1.807) is 6.07 Å². The number of rotatable bonds is 2. The molecular weight excluding hydrogens is 267 g/mol. The SMILES string of the molecule is Nc1ncnc2c1ccn2[C@@H]1C(F)=C(CO)[C@@H](O)[C@H]1O. The number of fused-ring (bicyclic) bond motifs is 1. The number of aliphatic hydroxyl groups excluding tert-OH is 3. The largest absolute Gasteiger partial charge is 0.392 e. The van der Waals surface area contributed by atoms with Crippen LogP contribution in [0.25, 0.3) is 11.0 Å². The second-order valence-electron chi connectivity index (χ2n) is 4.63. The fraction of sp³-hybridized carbons (Fsp3) is 0.333. The van der Waals surface area contributed by atoms with Gasteiger partial charge in [-0.3, -0.25) is 0 Å². The van der Waals surface area contributed by atoms with Crippen LogP contribution in [-0.2, 0) is 0 Å². The van der Waals surface area contributed by atoms with Gasteiger partial charge in [0.05, 0.1) is 12.0 Å². The van der Waals surface area contributed by atoms with Gasteiger partial charge in [0.2, 0.25) is 0 Å². The lowest BCUT2D eigenvalue weighted by Gasteiger charge is -2.19. The maximum atomic E-state index is 14.2. The third-order valence-electron chi connectivity index (χ3n) is 3.58. The molecular formula is C12H13FN4O3. The number of nitrogen functional groups attached to an aromatic ring is 1. The Morgan fingerprint density at radius 2 is 2.10 bits per heavy atom. The summed E-state index contributed by atoms with van der Waals surface area (Å²) in [5.74, 6) is -0.518. The Morgan fingerprint density at radius 3 is 2.75 bits per heavy atom. The van der Waals surface area contributed by atoms with Crippen molar-refractivity contribution in [3.63, 3.8) is 0 Å². The van der Waals surface area contributed by atoms with Crippen LogP contribution in [0.4, 0.5) is 10.2 Å². The Bertz CT molecular complexity index is 699. The zero-order chi connectivity index (χ0) is 14.4. The van der Waals surface area contributed by atoms with Gasteiger partial charge >= 0.3 is 0 Å². The number of hydrogen-bond donors (Lipinski definition) is 4. The highest BCUT2D eigenvalue weighted by Gasteiger charge is 2.43. The number of halogens is 1. The van der Waals surface area contributed by atoms with Crippen LogP contribution in [0.2, 0.25) is 0 Å². The molecule has 0 spiro atoms. The maximum absolute atomic E-state index is 14.2. The molecule has 0 amide bonds. The minimum atomic E-state index is -1.44. The number of nitrogens with zero attached hydrogens (tertiary/aromatic N) is 3. The molecule has 0 saturated carbocycles. The van der Waals surface area contributed by atoms with Crippen LogP contribution >= 0.6 is 0 Å². The lowest BCUT2D eigenvalue weighted by molar-refractivity contribution is 0.0263. The molecule has 8 heteroatoms. The van der Waals surface area contributed by atoms with E-state index in [4.69, 9.17) is 10.8 Å². The summed E-state index contributed by atoms with van der Waals surface area (Å²) >= 11 is 0. The number of aliphatic hydroxyl groups is 3. The molecule has 0 bridgehead atoms. The average Bonchev–Trinajstić information content (AvgIpc) is 2.92. The topological polar surface area (TPSA) is 117 Å². The van der Waals surface area contributed by atoms with Crippen LogP contribution in [0, 0.1) is 0 Å². The Kier molecular flexibility index (Phi) is 2.93. The summed E-state index contributed by atoms with van der Waals surface area (Å²) in [6.07, 6.45) is -0.0953. The van der Waals surface area contributed by atoms with E-state index in [1.165, 1.54) is 17.1 Å². The zero-order valence-corrected chi connectivity index (χ0v) is 10.3. The molecule has 106 valence electrons. The second kappa shape index (κ2) is 4.51. The molecule has 3 atom stereocenters. The van der Waals surface area contributed by atoms with Crippen molar-refractivity contribution >= 4 is 16.9 Å². The van der Waals surface area contributed by atoms with Gasteiger partial charge in [-0.05, 0) is 6.07 Å². The van der Waals surface area contributed by atoms with Gasteiger partial charge in [0.1, 0.15) is 41.9 Å². The molecule has 7 nitrogen and oxygen atoms in total. The molecule has 1 aliphatic carbocycles. The lowest BCUT2D eigenvalue weighted by Crippen LogP contribution is -2.30. The first-order valence-corrected chi connectivity index (χ1v) is 5.98. The number of aromatic nitrogens is 3. The van der Waals surface area contributed by atoms with Crippen LogP contribution < -0.4 is 5.73 Å². The lowest BCUT2D eigenvalue weighted by atomic mass is 10.1. The van der Waals surface area contributed by atoms with E-state index < -0.39 is 30.7 Å². The molecule has 5 N–H and O–H groups in total. The highest BCUT2D eigenvalue weighted by molar-refractivity contribution is 5.86. The molecule has 3 rings (SSSR count). The van der Waals surface area contributed by atoms with Crippen LogP contribution in [0.3, 0.4) is 0 Å². The highest BCUT2D eigenvalue weighted by Crippen LogP contribution is 2.39. The first-order chi connectivity index (χ1) is 9.56. The molecule has 20 heavy (non-hydrogen) atoms. The predicted molar refractivity (Wildman–Crippen MR) is 68.2 cm³/mol. The van der Waals surface area contributed by atoms with E-state index in [0.29, 0.717) is 11.0 Å². The fourth-order valence-electron chi connectivity index (χ4n) is 2.53. The Hall–Kier alpha value is -2.03. The standard InChI is InChI=1S/C12H13FN4O3/c13-7-6(3-18)9(19)10(20)8(7)17-2-1-5-11(14)15-4-16-12(5)17/h1-2,4,8-10,18-20H,3H2,(H2,14,15,16)/t8-,9-,10+/m1/s1. The van der Waals surface area contributed by atoms with Gasteiger partial charge in [-0.15, -0.1) is 0 Å². The first-order valence-electron chi connectivity index (χ1n) is 5.98. The second-order valence-corrected chi connectivity index (χ2v) is 4.63. The van der Waals surface area contributed by atoms with Gasteiger partial charge in [-0.2, -0.15) is 0 Å². The summed E-state index contributed by atoms with van der Waals surface area (Å²) in [6.45, 7) is -0.656. The van der Waals surface area contributed by atoms with Crippen molar-refractivity contribution in [3.8, 4) is 0 Å². The van der Waals surface area contributed by atoms with Gasteiger partial charge in [-0.1, -0.05) is 0 Å². The minimum Gasteiger partial charge on any atom is -0.392 e. The smallest absolute Gasteiger partial charge is 0.146 e. The minimum absolute atomic E-state index is 0.216. The van der Waals surface area contributed by atoms with Crippen molar-refractivity contribution in [2.24, 2.45) is 0 Å². The fourth-order valence-corrected chi connectivity index (χ4v) is 2.53. The Balaban J connectivity index is 2.17. The van der Waals surface area contributed by atoms with Crippen LogP contribution in [0.15, 0.2) is 30.0 Å². The van der Waals surface area contributed by atoms with E-state index >= 15 is 0 Å². The van der Waals surface area contributed by atoms with Crippen LogP contribution in [-0.4, -0.2) is 48.7 Å². The van der Waals surface area contributed by atoms with E-state index in [-0.39, 0.29) is 11.4 Å². The molecule has 0 fully saturated rings. The Labute approximate surface area is 112 Å². The van der Waals surface area contributed by atoms with E-state index in [1.807, 2.05) is 0 Å². The van der Waals surface area contributed by atoms with Gasteiger partial charge in [0.25, 0.3) is 0 Å². The molecule has 2 heterocycles. The molecule has 0 aromatic carbocycles. The summed E-state index contributed by atoms with van der Waals surface area (Å²) in [4.78, 5) is 7.85. The molecule has 0 radical (unpaired) electrons. The molecule has 2 aromatic rings. The van der Waals surface area contributed by atoms with Crippen molar-refractivity contribution in [2.45, 2.75) is 18.2 Å². The summed E-state index contributed by atoms with van der Waals surface area (Å²) < 4.78 is 15.6. The van der Waals surface area contributed by atoms with Crippen molar-refractivity contribution in [1.29, 1.82) is 0 Å². The summed E-state index contributed by atoms with van der Waals surface area (Å²) in [5, 5.41) is 29.3. The molecule has 2 aromatic heterocycles. The van der Waals surface area contributed by atoms with E-state index in [2.05, 4.69) is 9.97 Å². The molecule has 0 unspecified atom stereocenters. The first kappa shape index (κ1) is 13.0. The van der Waals surface area contributed by atoms with Crippen LogP contribution in [0.5, 0.6) is 0 Å². The highest BCUT2D eigenvalue weighted by atomic mass is 19.1. The van der Waals surface area contributed by atoms with Crippen molar-refractivity contribution in [3.05, 3.63) is 30.0 Å². The van der Waals surface area contributed by atoms with Crippen molar-refractivity contribution in [2.75, 3.05) is 12.3 Å². The van der Waals surface area contributed by atoms with E-state index in [9.17, 15) is 14.6 Å². The number of hydrogen-bond acceptors (Lipinski definition) is 6. The van der Waals surface area contributed by atoms with Crippen LogP contribution in [0.1, 0.15) is 6.04 Å². The number of nitrogens with two attached hydrogens (primary N) is 1. The molecule has 0 aliphatic heterocycles. The third-order valence-corrected chi connectivity index (χ3v) is 3.58. The normalized spacial score (nSPS) is 26.7. The zero-order valence-electron chi connectivity index (χ0n) is 10.3. The Morgan fingerprint density at radius 1 is 1.35 bits per heavy atom. The van der Waals surface area contributed by atoms with Gasteiger partial charge in [0, 0.05) is 11.8 Å². The van der Waals surface area contributed by atoms with Crippen molar-refractivity contribution < 1.29 is 19.7 Å². The summed E-state index contributed by atoms with van der Waals surface area (Å²) in [7, 11) is 0. The quantitative estimate of drug-likeness (QED) is 0.589. The molecule has 1 aliphatic rings. The number of anilines is 1. The monoisotopic (exact) mass is 280 g/mol. The van der Waals surface area contributed by atoms with Gasteiger partial charge in [0.15, 0.2) is 0 Å². The van der Waals surface area contributed by atoms with Gasteiger partial charge < -0.3 is 25.6 Å². The third kappa shape index (κ3) is 1.62. The summed E-state index contributed by atoms with van der Waals surface area (Å²) in [5.41, 5.74) is 5.83. The van der Waals surface area contributed by atoms with E-state index in [0.717, 1.165) is 0 Å². The predicted octanol–water partition coefficient (Wildman–Crippen LogP) is -0.494. The maximum Gasteiger partial charge on any atom is 0.146 e. The van der Waals surface area contributed by atoms with Crippen molar-refractivity contribution in [1.82, 2.24) is 14.5 Å². The molecule has 0 saturated heterocycles. The summed E-state index contributed by atoms with van der Waals surface area (Å²) in [6, 6.07) is 0.465. The van der Waals surface area contributed by atoms with Gasteiger partial charge in [-0.25, -0.2) is 14.4 Å².